The Labute approximate surface area is 143 Å². The van der Waals surface area contributed by atoms with Gasteiger partial charge in [-0.2, -0.15) is 0 Å². The highest BCUT2D eigenvalue weighted by molar-refractivity contribution is 6.29. The number of hydrogen-bond acceptors (Lipinski definition) is 5. The number of carbonyl (C=O) groups excluding carboxylic acids is 1. The van der Waals surface area contributed by atoms with Gasteiger partial charge in [-0.1, -0.05) is 12.0 Å². The van der Waals surface area contributed by atoms with Crippen molar-refractivity contribution in [3.63, 3.8) is 0 Å². The van der Waals surface area contributed by atoms with Gasteiger partial charge in [0.25, 0.3) is 0 Å². The zero-order chi connectivity index (χ0) is 16.9. The molecule has 1 amide bonds. The van der Waals surface area contributed by atoms with Crippen LogP contribution in [-0.4, -0.2) is 31.3 Å². The second-order valence-electron chi connectivity index (χ2n) is 4.86. The van der Waals surface area contributed by atoms with Crippen molar-refractivity contribution in [1.29, 1.82) is 0 Å². The maximum atomic E-state index is 11.4. The molecule has 3 aromatic rings. The number of imidazole rings is 1. The first-order valence-corrected chi connectivity index (χ1v) is 7.57. The van der Waals surface area contributed by atoms with E-state index in [9.17, 15) is 4.79 Å². The van der Waals surface area contributed by atoms with Crippen LogP contribution in [0.5, 0.6) is 0 Å². The van der Waals surface area contributed by atoms with E-state index in [4.69, 9.17) is 18.0 Å². The maximum absolute atomic E-state index is 11.4. The lowest BCUT2D eigenvalue weighted by Crippen LogP contribution is -2.12. The number of rotatable bonds is 5. The quantitative estimate of drug-likeness (QED) is 0.550. The monoisotopic (exact) mass is 340 g/mol. The fraction of sp³-hybridized carbons (Fsp3) is 0.125. The highest BCUT2D eigenvalue weighted by atomic mass is 35.5. The van der Waals surface area contributed by atoms with Crippen molar-refractivity contribution < 1.29 is 4.79 Å². The molecule has 0 bridgehead atoms. The Balaban J connectivity index is 1.89. The second-order valence-corrected chi connectivity index (χ2v) is 5.13. The zero-order valence-electron chi connectivity index (χ0n) is 12.5. The van der Waals surface area contributed by atoms with E-state index >= 15 is 0 Å². The molecule has 0 aliphatic rings. The van der Waals surface area contributed by atoms with Gasteiger partial charge in [-0.3, -0.25) is 4.79 Å². The molecule has 3 rings (SSSR count). The lowest BCUT2D eigenvalue weighted by atomic mass is 10.2. The van der Waals surface area contributed by atoms with Gasteiger partial charge in [0.05, 0.1) is 12.9 Å². The molecule has 0 radical (unpaired) electrons. The van der Waals surface area contributed by atoms with Gasteiger partial charge in [0.15, 0.2) is 17.0 Å². The SMILES string of the molecule is C#CCn1cnc2c(Nc3cccc(NC(=O)CCl)c3)ncnc21. The van der Waals surface area contributed by atoms with Crippen LogP contribution < -0.4 is 10.6 Å². The third-order valence-electron chi connectivity index (χ3n) is 3.19. The van der Waals surface area contributed by atoms with Crippen molar-refractivity contribution in [2.24, 2.45) is 0 Å². The van der Waals surface area contributed by atoms with E-state index in [1.165, 1.54) is 6.33 Å². The number of nitrogens with zero attached hydrogens (tertiary/aromatic N) is 4. The summed E-state index contributed by atoms with van der Waals surface area (Å²) in [6.45, 7) is 0.382. The minimum Gasteiger partial charge on any atom is -0.338 e. The number of fused-ring (bicyclic) bond motifs is 1. The van der Waals surface area contributed by atoms with Crippen LogP contribution in [0.25, 0.3) is 11.2 Å². The average Bonchev–Trinajstić information content (AvgIpc) is 3.00. The number of benzene rings is 1. The van der Waals surface area contributed by atoms with E-state index in [-0.39, 0.29) is 11.8 Å². The third kappa shape index (κ3) is 3.29. The standard InChI is InChI=1S/C16H13ClN6O/c1-2-6-23-10-20-14-15(18-9-19-16(14)23)22-12-5-3-4-11(7-12)21-13(24)8-17/h1,3-5,7,9-10H,6,8H2,(H,21,24)(H,18,19,22). The number of nitrogens with one attached hydrogen (secondary N) is 2. The van der Waals surface area contributed by atoms with Gasteiger partial charge in [0.1, 0.15) is 12.2 Å². The third-order valence-corrected chi connectivity index (χ3v) is 3.44. The largest absolute Gasteiger partial charge is 0.338 e. The fourth-order valence-electron chi connectivity index (χ4n) is 2.19. The van der Waals surface area contributed by atoms with Crippen molar-refractivity contribution in [2.75, 3.05) is 16.5 Å². The highest BCUT2D eigenvalue weighted by Gasteiger charge is 2.10. The Kier molecular flexibility index (Phi) is 4.59. The Morgan fingerprint density at radius 1 is 1.29 bits per heavy atom. The van der Waals surface area contributed by atoms with Crippen LogP contribution in [0.15, 0.2) is 36.9 Å². The molecule has 0 saturated carbocycles. The summed E-state index contributed by atoms with van der Waals surface area (Å²) in [6, 6.07) is 7.20. The Morgan fingerprint density at radius 3 is 2.92 bits per heavy atom. The summed E-state index contributed by atoms with van der Waals surface area (Å²) in [7, 11) is 0. The van der Waals surface area contributed by atoms with Gasteiger partial charge in [0.2, 0.25) is 5.91 Å². The molecule has 2 N–H and O–H groups in total. The molecule has 24 heavy (non-hydrogen) atoms. The lowest BCUT2D eigenvalue weighted by molar-refractivity contribution is -0.113. The van der Waals surface area contributed by atoms with Crippen LogP contribution in [0.3, 0.4) is 0 Å². The smallest absolute Gasteiger partial charge is 0.239 e. The lowest BCUT2D eigenvalue weighted by Gasteiger charge is -2.09. The molecule has 120 valence electrons. The van der Waals surface area contributed by atoms with E-state index in [2.05, 4.69) is 31.5 Å². The summed E-state index contributed by atoms with van der Waals surface area (Å²) in [5.41, 5.74) is 2.64. The number of alkyl halides is 1. The summed E-state index contributed by atoms with van der Waals surface area (Å²) in [5.74, 6) is 2.73. The summed E-state index contributed by atoms with van der Waals surface area (Å²) in [6.07, 6.45) is 8.41. The number of anilines is 3. The summed E-state index contributed by atoms with van der Waals surface area (Å²) < 4.78 is 1.76. The highest BCUT2D eigenvalue weighted by Crippen LogP contribution is 2.23. The van der Waals surface area contributed by atoms with E-state index in [1.54, 1.807) is 23.0 Å². The molecule has 1 aromatic carbocycles. The molecule has 0 aliphatic carbocycles. The van der Waals surface area contributed by atoms with E-state index < -0.39 is 0 Å². The van der Waals surface area contributed by atoms with Crippen molar-refractivity contribution in [3.8, 4) is 12.3 Å². The predicted octanol–water partition coefficient (Wildman–Crippen LogP) is 2.38. The molecule has 0 aliphatic heterocycles. The molecule has 2 aromatic heterocycles. The maximum Gasteiger partial charge on any atom is 0.239 e. The van der Waals surface area contributed by atoms with Crippen molar-refractivity contribution in [3.05, 3.63) is 36.9 Å². The molecule has 7 nitrogen and oxygen atoms in total. The van der Waals surface area contributed by atoms with Gasteiger partial charge in [-0.25, -0.2) is 15.0 Å². The summed E-state index contributed by atoms with van der Waals surface area (Å²) in [4.78, 5) is 24.1. The Bertz CT molecular complexity index is 930. The summed E-state index contributed by atoms with van der Waals surface area (Å²) in [5, 5.41) is 5.86. The topological polar surface area (TPSA) is 84.7 Å². The van der Waals surface area contributed by atoms with Gasteiger partial charge < -0.3 is 15.2 Å². The van der Waals surface area contributed by atoms with Crippen molar-refractivity contribution in [2.45, 2.75) is 6.54 Å². The molecule has 2 heterocycles. The van der Waals surface area contributed by atoms with Gasteiger partial charge in [0, 0.05) is 11.4 Å². The second kappa shape index (κ2) is 6.98. The first kappa shape index (κ1) is 15.8. The number of halogens is 1. The predicted molar refractivity (Wildman–Crippen MR) is 93.2 cm³/mol. The number of hydrogen-bond donors (Lipinski definition) is 2. The van der Waals surface area contributed by atoms with Crippen molar-refractivity contribution >= 4 is 45.9 Å². The van der Waals surface area contributed by atoms with Crippen molar-refractivity contribution in [1.82, 2.24) is 19.5 Å². The Morgan fingerprint density at radius 2 is 2.12 bits per heavy atom. The first-order valence-electron chi connectivity index (χ1n) is 7.03. The number of amides is 1. The van der Waals surface area contributed by atoms with Crippen LogP contribution >= 0.6 is 11.6 Å². The van der Waals surface area contributed by atoms with Crippen LogP contribution in [-0.2, 0) is 11.3 Å². The van der Waals surface area contributed by atoms with Gasteiger partial charge in [-0.05, 0) is 18.2 Å². The average molecular weight is 341 g/mol. The molecule has 0 atom stereocenters. The normalized spacial score (nSPS) is 10.3. The molecule has 0 spiro atoms. The minimum absolute atomic E-state index is 0.100. The van der Waals surface area contributed by atoms with E-state index in [1.807, 2.05) is 12.1 Å². The zero-order valence-corrected chi connectivity index (χ0v) is 13.3. The summed E-state index contributed by atoms with van der Waals surface area (Å²) >= 11 is 5.50. The van der Waals surface area contributed by atoms with Crippen LogP contribution in [0.4, 0.5) is 17.2 Å². The fourth-order valence-corrected chi connectivity index (χ4v) is 2.26. The molecule has 8 heteroatoms. The van der Waals surface area contributed by atoms with Gasteiger partial charge in [-0.15, -0.1) is 18.0 Å². The molecule has 0 fully saturated rings. The van der Waals surface area contributed by atoms with Crippen LogP contribution in [0, 0.1) is 12.3 Å². The molecule has 0 saturated heterocycles. The molecule has 0 unspecified atom stereocenters. The van der Waals surface area contributed by atoms with Crippen LogP contribution in [0.1, 0.15) is 0 Å². The van der Waals surface area contributed by atoms with Gasteiger partial charge >= 0.3 is 0 Å². The molecular weight excluding hydrogens is 328 g/mol. The van der Waals surface area contributed by atoms with E-state index in [0.29, 0.717) is 29.2 Å². The molecular formula is C16H13ClN6O. The van der Waals surface area contributed by atoms with E-state index in [0.717, 1.165) is 5.69 Å². The number of terminal acetylenes is 1. The first-order chi connectivity index (χ1) is 11.7. The number of aromatic nitrogens is 4. The number of carbonyl (C=O) groups is 1. The minimum atomic E-state index is -0.272. The van der Waals surface area contributed by atoms with Crippen LogP contribution in [0.2, 0.25) is 0 Å². The Hall–Kier alpha value is -3.11.